The molecule has 0 aliphatic carbocycles. The minimum atomic E-state index is -0.867. The van der Waals surface area contributed by atoms with Crippen LogP contribution in [0.15, 0.2) is 18.6 Å². The molecular formula is C10H13N3O2S. The van der Waals surface area contributed by atoms with Gasteiger partial charge in [0.2, 0.25) is 5.91 Å². The molecule has 2 rings (SSSR count). The third-order valence-electron chi connectivity index (χ3n) is 2.38. The molecule has 0 bridgehead atoms. The third kappa shape index (κ3) is 2.93. The molecule has 5 nitrogen and oxygen atoms in total. The number of nitrogens with one attached hydrogen (secondary N) is 1. The van der Waals surface area contributed by atoms with Crippen molar-refractivity contribution in [2.45, 2.75) is 23.5 Å². The van der Waals surface area contributed by atoms with E-state index in [0.717, 1.165) is 11.4 Å². The summed E-state index contributed by atoms with van der Waals surface area (Å²) < 4.78 is 0. The Morgan fingerprint density at radius 2 is 2.44 bits per heavy atom. The van der Waals surface area contributed by atoms with Crippen molar-refractivity contribution in [3.63, 3.8) is 0 Å². The SMILES string of the molecule is O=C1NCC(SCc2cnccn2)CC1O. The van der Waals surface area contributed by atoms with E-state index in [1.165, 1.54) is 0 Å². The molecular weight excluding hydrogens is 226 g/mol. The van der Waals surface area contributed by atoms with E-state index in [2.05, 4.69) is 15.3 Å². The number of thioether (sulfide) groups is 1. The van der Waals surface area contributed by atoms with Gasteiger partial charge in [-0.05, 0) is 6.42 Å². The highest BCUT2D eigenvalue weighted by Crippen LogP contribution is 2.22. The van der Waals surface area contributed by atoms with Crippen LogP contribution in [0.4, 0.5) is 0 Å². The van der Waals surface area contributed by atoms with E-state index in [4.69, 9.17) is 0 Å². The van der Waals surface area contributed by atoms with Gasteiger partial charge in [0.15, 0.2) is 0 Å². The summed E-state index contributed by atoms with van der Waals surface area (Å²) in [5, 5.41) is 12.3. The molecule has 2 atom stereocenters. The second kappa shape index (κ2) is 5.27. The van der Waals surface area contributed by atoms with Crippen molar-refractivity contribution < 1.29 is 9.90 Å². The maximum Gasteiger partial charge on any atom is 0.248 e. The molecule has 0 spiro atoms. The number of nitrogens with zero attached hydrogens (tertiary/aromatic N) is 2. The molecule has 0 radical (unpaired) electrons. The molecule has 1 aliphatic heterocycles. The summed E-state index contributed by atoms with van der Waals surface area (Å²) in [5.41, 5.74) is 0.916. The summed E-state index contributed by atoms with van der Waals surface area (Å²) >= 11 is 1.68. The van der Waals surface area contributed by atoms with Crippen molar-refractivity contribution in [3.05, 3.63) is 24.3 Å². The molecule has 1 fully saturated rings. The summed E-state index contributed by atoms with van der Waals surface area (Å²) in [6, 6.07) is 0. The number of rotatable bonds is 3. The maximum atomic E-state index is 11.0. The van der Waals surface area contributed by atoms with Crippen LogP contribution >= 0.6 is 11.8 Å². The van der Waals surface area contributed by atoms with Crippen LogP contribution < -0.4 is 5.32 Å². The molecule has 2 unspecified atom stereocenters. The van der Waals surface area contributed by atoms with Gasteiger partial charge in [-0.25, -0.2) is 0 Å². The Kier molecular flexibility index (Phi) is 3.74. The minimum Gasteiger partial charge on any atom is -0.383 e. The molecule has 1 aromatic heterocycles. The summed E-state index contributed by atoms with van der Waals surface area (Å²) in [6.07, 6.45) is 4.67. The van der Waals surface area contributed by atoms with Crippen LogP contribution in [0.5, 0.6) is 0 Å². The maximum absolute atomic E-state index is 11.0. The zero-order chi connectivity index (χ0) is 11.4. The topological polar surface area (TPSA) is 75.1 Å². The Balaban J connectivity index is 1.81. The number of aromatic nitrogens is 2. The van der Waals surface area contributed by atoms with E-state index >= 15 is 0 Å². The number of carbonyl (C=O) groups excluding carboxylic acids is 1. The van der Waals surface area contributed by atoms with Crippen molar-refractivity contribution in [2.75, 3.05) is 6.54 Å². The summed E-state index contributed by atoms with van der Waals surface area (Å²) in [6.45, 7) is 0.612. The van der Waals surface area contributed by atoms with Crippen LogP contribution in [0, 0.1) is 0 Å². The lowest BCUT2D eigenvalue weighted by molar-refractivity contribution is -0.131. The number of hydrogen-bond acceptors (Lipinski definition) is 5. The predicted molar refractivity (Wildman–Crippen MR) is 60.7 cm³/mol. The molecule has 1 amide bonds. The zero-order valence-corrected chi connectivity index (χ0v) is 9.48. The van der Waals surface area contributed by atoms with Crippen LogP contribution in [0.1, 0.15) is 12.1 Å². The van der Waals surface area contributed by atoms with Gasteiger partial charge in [0, 0.05) is 36.1 Å². The Labute approximate surface area is 97.7 Å². The number of carbonyl (C=O) groups is 1. The van der Waals surface area contributed by atoms with Crippen LogP contribution in [-0.2, 0) is 10.5 Å². The standard InChI is InChI=1S/C10H13N3O2S/c14-9-3-8(5-13-10(9)15)16-6-7-4-11-1-2-12-7/h1-2,4,8-9,14H,3,5-6H2,(H,13,15). The first kappa shape index (κ1) is 11.3. The second-order valence-corrected chi connectivity index (χ2v) is 4.92. The Hall–Kier alpha value is -1.14. The van der Waals surface area contributed by atoms with E-state index in [1.807, 2.05) is 0 Å². The van der Waals surface area contributed by atoms with E-state index in [9.17, 15) is 9.90 Å². The Morgan fingerprint density at radius 1 is 1.56 bits per heavy atom. The molecule has 0 aromatic carbocycles. The molecule has 6 heteroatoms. The van der Waals surface area contributed by atoms with Crippen molar-refractivity contribution in [1.29, 1.82) is 0 Å². The van der Waals surface area contributed by atoms with Gasteiger partial charge in [0.1, 0.15) is 6.10 Å². The first-order valence-electron chi connectivity index (χ1n) is 5.08. The Bertz CT molecular complexity index is 360. The average Bonchev–Trinajstić information content (AvgIpc) is 2.32. The van der Waals surface area contributed by atoms with Gasteiger partial charge in [-0.2, -0.15) is 11.8 Å². The highest BCUT2D eigenvalue weighted by molar-refractivity contribution is 7.99. The van der Waals surface area contributed by atoms with Gasteiger partial charge >= 0.3 is 0 Å². The van der Waals surface area contributed by atoms with Crippen LogP contribution in [-0.4, -0.2) is 38.9 Å². The highest BCUT2D eigenvalue weighted by atomic mass is 32.2. The minimum absolute atomic E-state index is 0.245. The lowest BCUT2D eigenvalue weighted by Crippen LogP contribution is -2.46. The Morgan fingerprint density at radius 3 is 3.12 bits per heavy atom. The fourth-order valence-corrected chi connectivity index (χ4v) is 2.58. The van der Waals surface area contributed by atoms with Gasteiger partial charge in [-0.1, -0.05) is 0 Å². The first-order chi connectivity index (χ1) is 7.75. The molecule has 1 aliphatic rings. The van der Waals surface area contributed by atoms with Gasteiger partial charge in [-0.3, -0.25) is 14.8 Å². The van der Waals surface area contributed by atoms with Gasteiger partial charge in [-0.15, -0.1) is 0 Å². The van der Waals surface area contributed by atoms with Crippen LogP contribution in [0.3, 0.4) is 0 Å². The van der Waals surface area contributed by atoms with E-state index < -0.39 is 6.10 Å². The number of piperidine rings is 1. The van der Waals surface area contributed by atoms with E-state index in [0.29, 0.717) is 13.0 Å². The summed E-state index contributed by atoms with van der Waals surface area (Å²) in [7, 11) is 0. The van der Waals surface area contributed by atoms with Crippen molar-refractivity contribution >= 4 is 17.7 Å². The van der Waals surface area contributed by atoms with E-state index in [-0.39, 0.29) is 11.2 Å². The summed E-state index contributed by atoms with van der Waals surface area (Å²) in [5.74, 6) is 0.484. The number of hydrogen-bond donors (Lipinski definition) is 2. The quantitative estimate of drug-likeness (QED) is 0.774. The molecule has 16 heavy (non-hydrogen) atoms. The molecule has 86 valence electrons. The smallest absolute Gasteiger partial charge is 0.248 e. The predicted octanol–water partition coefficient (Wildman–Crippen LogP) is -0.0408. The second-order valence-electron chi connectivity index (χ2n) is 3.63. The van der Waals surface area contributed by atoms with Crippen molar-refractivity contribution in [1.82, 2.24) is 15.3 Å². The molecule has 1 aromatic rings. The average molecular weight is 239 g/mol. The van der Waals surface area contributed by atoms with Gasteiger partial charge in [0.25, 0.3) is 0 Å². The largest absolute Gasteiger partial charge is 0.383 e. The monoisotopic (exact) mass is 239 g/mol. The number of amides is 1. The fraction of sp³-hybridized carbons (Fsp3) is 0.500. The van der Waals surface area contributed by atoms with Crippen molar-refractivity contribution in [3.8, 4) is 0 Å². The van der Waals surface area contributed by atoms with Crippen LogP contribution in [0.25, 0.3) is 0 Å². The molecule has 1 saturated heterocycles. The first-order valence-corrected chi connectivity index (χ1v) is 6.13. The lowest BCUT2D eigenvalue weighted by atomic mass is 10.1. The molecule has 2 N–H and O–H groups in total. The van der Waals surface area contributed by atoms with Gasteiger partial charge in [0.05, 0.1) is 5.69 Å². The number of aliphatic hydroxyl groups excluding tert-OH is 1. The van der Waals surface area contributed by atoms with Crippen LogP contribution in [0.2, 0.25) is 0 Å². The normalized spacial score (nSPS) is 25.2. The van der Waals surface area contributed by atoms with E-state index in [1.54, 1.807) is 30.4 Å². The third-order valence-corrected chi connectivity index (χ3v) is 3.67. The molecule has 0 saturated carbocycles. The van der Waals surface area contributed by atoms with Crippen molar-refractivity contribution in [2.24, 2.45) is 0 Å². The highest BCUT2D eigenvalue weighted by Gasteiger charge is 2.26. The zero-order valence-electron chi connectivity index (χ0n) is 8.67. The number of aliphatic hydroxyl groups is 1. The molecule has 2 heterocycles. The lowest BCUT2D eigenvalue weighted by Gasteiger charge is -2.25. The fourth-order valence-electron chi connectivity index (χ4n) is 1.51. The summed E-state index contributed by atoms with van der Waals surface area (Å²) in [4.78, 5) is 19.2. The van der Waals surface area contributed by atoms with Gasteiger partial charge < -0.3 is 10.4 Å².